The molecule has 0 unspecified atom stereocenters. The van der Waals surface area contributed by atoms with Gasteiger partial charge in [0, 0.05) is 7.05 Å². The first-order valence-corrected chi connectivity index (χ1v) is 5.52. The highest BCUT2D eigenvalue weighted by molar-refractivity contribution is 7.90. The fraction of sp³-hybridized carbons (Fsp3) is 0.222. The molecule has 4 nitrogen and oxygen atoms in total. The lowest BCUT2D eigenvalue weighted by Gasteiger charge is -2.05. The van der Waals surface area contributed by atoms with E-state index in [1.54, 1.807) is 19.1 Å². The number of carbonyl (C=O) groups excluding carboxylic acids is 1. The van der Waals surface area contributed by atoms with Crippen LogP contribution in [0.4, 0.5) is 0 Å². The van der Waals surface area contributed by atoms with E-state index in [-0.39, 0.29) is 10.5 Å². The Hall–Kier alpha value is -1.36. The van der Waals surface area contributed by atoms with Gasteiger partial charge in [-0.1, -0.05) is 6.07 Å². The summed E-state index contributed by atoms with van der Waals surface area (Å²) in [4.78, 5) is 11.6. The van der Waals surface area contributed by atoms with Gasteiger partial charge in [0.25, 0.3) is 15.9 Å². The third-order valence-electron chi connectivity index (χ3n) is 2.29. The van der Waals surface area contributed by atoms with Crippen molar-refractivity contribution in [2.24, 2.45) is 0 Å². The average Bonchev–Trinajstić information content (AvgIpc) is 2.29. The van der Waals surface area contributed by atoms with E-state index in [0.717, 1.165) is 9.87 Å². The molecule has 74 valence electrons. The summed E-state index contributed by atoms with van der Waals surface area (Å²) >= 11 is 0. The standard InChI is InChI=1S/C9H9NO3S/c1-6-3-4-7-8(5-6)14(12,13)10(2)9(7)11/h3-5H,1-2H3. The molecule has 0 saturated carbocycles. The molecule has 0 saturated heterocycles. The van der Waals surface area contributed by atoms with Gasteiger partial charge in [0.05, 0.1) is 5.56 Å². The first-order chi connectivity index (χ1) is 6.44. The Bertz CT molecular complexity index is 519. The number of carbonyl (C=O) groups is 1. The van der Waals surface area contributed by atoms with E-state index in [1.165, 1.54) is 13.1 Å². The van der Waals surface area contributed by atoms with Crippen LogP contribution < -0.4 is 0 Å². The quantitative estimate of drug-likeness (QED) is 0.637. The molecule has 1 aromatic rings. The van der Waals surface area contributed by atoms with E-state index < -0.39 is 15.9 Å². The number of sulfonamides is 1. The molecule has 1 aromatic carbocycles. The predicted molar refractivity (Wildman–Crippen MR) is 50.5 cm³/mol. The van der Waals surface area contributed by atoms with E-state index in [9.17, 15) is 13.2 Å². The van der Waals surface area contributed by atoms with Crippen LogP contribution in [0.25, 0.3) is 0 Å². The van der Waals surface area contributed by atoms with E-state index in [1.807, 2.05) is 0 Å². The lowest BCUT2D eigenvalue weighted by atomic mass is 10.1. The van der Waals surface area contributed by atoms with Gasteiger partial charge in [0.1, 0.15) is 4.90 Å². The van der Waals surface area contributed by atoms with Gasteiger partial charge >= 0.3 is 0 Å². The predicted octanol–water partition coefficient (Wildman–Crippen LogP) is 0.769. The zero-order valence-corrected chi connectivity index (χ0v) is 8.63. The van der Waals surface area contributed by atoms with Crippen molar-refractivity contribution in [3.63, 3.8) is 0 Å². The van der Waals surface area contributed by atoms with Gasteiger partial charge in [-0.05, 0) is 24.6 Å². The molecule has 1 heterocycles. The zero-order chi connectivity index (χ0) is 10.5. The fourth-order valence-electron chi connectivity index (χ4n) is 1.45. The topological polar surface area (TPSA) is 54.5 Å². The Labute approximate surface area is 82.2 Å². The number of fused-ring (bicyclic) bond motifs is 1. The number of rotatable bonds is 0. The van der Waals surface area contributed by atoms with Crippen molar-refractivity contribution < 1.29 is 13.2 Å². The third kappa shape index (κ3) is 0.988. The van der Waals surface area contributed by atoms with E-state index in [0.29, 0.717) is 0 Å². The number of hydrogen-bond acceptors (Lipinski definition) is 3. The third-order valence-corrected chi connectivity index (χ3v) is 4.07. The highest BCUT2D eigenvalue weighted by atomic mass is 32.2. The molecular formula is C9H9NO3S. The Kier molecular flexibility index (Phi) is 1.69. The molecule has 14 heavy (non-hydrogen) atoms. The number of nitrogens with zero attached hydrogens (tertiary/aromatic N) is 1. The normalized spacial score (nSPS) is 18.4. The summed E-state index contributed by atoms with van der Waals surface area (Å²) in [6.07, 6.45) is 0. The van der Waals surface area contributed by atoms with Gasteiger partial charge in [-0.25, -0.2) is 12.7 Å². The van der Waals surface area contributed by atoms with Crippen LogP contribution >= 0.6 is 0 Å². The van der Waals surface area contributed by atoms with Crippen molar-refractivity contribution in [3.8, 4) is 0 Å². The molecule has 1 amide bonds. The second kappa shape index (κ2) is 2.57. The highest BCUT2D eigenvalue weighted by Crippen LogP contribution is 2.29. The van der Waals surface area contributed by atoms with Crippen molar-refractivity contribution >= 4 is 15.9 Å². The minimum absolute atomic E-state index is 0.116. The molecule has 0 radical (unpaired) electrons. The Morgan fingerprint density at radius 2 is 1.93 bits per heavy atom. The highest BCUT2D eigenvalue weighted by Gasteiger charge is 2.38. The maximum atomic E-state index is 11.7. The van der Waals surface area contributed by atoms with E-state index in [4.69, 9.17) is 0 Å². The van der Waals surface area contributed by atoms with Crippen LogP contribution in [0.5, 0.6) is 0 Å². The second-order valence-electron chi connectivity index (χ2n) is 3.28. The van der Waals surface area contributed by atoms with Crippen molar-refractivity contribution in [2.45, 2.75) is 11.8 Å². The van der Waals surface area contributed by atoms with Gasteiger partial charge in [-0.15, -0.1) is 0 Å². The Balaban J connectivity index is 2.82. The first-order valence-electron chi connectivity index (χ1n) is 4.08. The molecular weight excluding hydrogens is 202 g/mol. The first kappa shape index (κ1) is 9.21. The molecule has 1 aliphatic rings. The molecule has 0 spiro atoms. The largest absolute Gasteiger partial charge is 0.268 e. The lowest BCUT2D eigenvalue weighted by Crippen LogP contribution is -2.24. The van der Waals surface area contributed by atoms with Crippen molar-refractivity contribution in [2.75, 3.05) is 7.05 Å². The molecule has 0 fully saturated rings. The zero-order valence-electron chi connectivity index (χ0n) is 7.81. The Morgan fingerprint density at radius 1 is 1.29 bits per heavy atom. The smallest absolute Gasteiger partial charge is 0.268 e. The Morgan fingerprint density at radius 3 is 2.57 bits per heavy atom. The van der Waals surface area contributed by atoms with Gasteiger partial charge in [-0.2, -0.15) is 0 Å². The molecule has 0 N–H and O–H groups in total. The van der Waals surface area contributed by atoms with Crippen LogP contribution in [-0.2, 0) is 10.0 Å². The van der Waals surface area contributed by atoms with Crippen molar-refractivity contribution in [3.05, 3.63) is 29.3 Å². The van der Waals surface area contributed by atoms with Crippen LogP contribution in [0, 0.1) is 6.92 Å². The number of aryl methyl sites for hydroxylation is 1. The monoisotopic (exact) mass is 211 g/mol. The van der Waals surface area contributed by atoms with E-state index in [2.05, 4.69) is 0 Å². The molecule has 0 aromatic heterocycles. The molecule has 0 aliphatic carbocycles. The van der Waals surface area contributed by atoms with Gasteiger partial charge in [0.2, 0.25) is 0 Å². The van der Waals surface area contributed by atoms with Crippen LogP contribution in [-0.4, -0.2) is 25.7 Å². The maximum Gasteiger partial charge on any atom is 0.268 e. The SMILES string of the molecule is Cc1ccc2c(c1)S(=O)(=O)N(C)C2=O. The summed E-state index contributed by atoms with van der Waals surface area (Å²) in [6, 6.07) is 4.80. The van der Waals surface area contributed by atoms with Gasteiger partial charge in [0.15, 0.2) is 0 Å². The number of benzene rings is 1. The van der Waals surface area contributed by atoms with Crippen LogP contribution in [0.1, 0.15) is 15.9 Å². The van der Waals surface area contributed by atoms with Crippen molar-refractivity contribution in [1.82, 2.24) is 4.31 Å². The van der Waals surface area contributed by atoms with Crippen LogP contribution in [0.2, 0.25) is 0 Å². The summed E-state index contributed by atoms with van der Waals surface area (Å²) < 4.78 is 24.1. The van der Waals surface area contributed by atoms with Crippen molar-refractivity contribution in [1.29, 1.82) is 0 Å². The lowest BCUT2D eigenvalue weighted by molar-refractivity contribution is 0.0891. The molecule has 0 atom stereocenters. The summed E-state index contributed by atoms with van der Waals surface area (Å²) in [5, 5.41) is 0. The minimum Gasteiger partial charge on any atom is -0.268 e. The fourth-order valence-corrected chi connectivity index (χ4v) is 2.83. The number of amides is 1. The second-order valence-corrected chi connectivity index (χ2v) is 5.21. The average molecular weight is 211 g/mol. The molecule has 0 bridgehead atoms. The summed E-state index contributed by atoms with van der Waals surface area (Å²) in [5.41, 5.74) is 1.09. The molecule has 2 rings (SSSR count). The number of hydrogen-bond donors (Lipinski definition) is 0. The van der Waals surface area contributed by atoms with Gasteiger partial charge < -0.3 is 0 Å². The summed E-state index contributed by atoms with van der Waals surface area (Å²) in [6.45, 7) is 1.79. The van der Waals surface area contributed by atoms with Crippen LogP contribution in [0.15, 0.2) is 23.1 Å². The summed E-state index contributed by atoms with van der Waals surface area (Å²) in [7, 11) is -2.30. The van der Waals surface area contributed by atoms with Gasteiger partial charge in [-0.3, -0.25) is 4.79 Å². The molecule has 5 heteroatoms. The molecule has 1 aliphatic heterocycles. The van der Waals surface area contributed by atoms with Crippen LogP contribution in [0.3, 0.4) is 0 Å². The van der Waals surface area contributed by atoms with E-state index >= 15 is 0 Å². The minimum atomic E-state index is -3.57. The summed E-state index contributed by atoms with van der Waals surface area (Å²) in [5.74, 6) is -0.458. The maximum absolute atomic E-state index is 11.7.